The number of carbonyl (C=O) groups is 3. The highest BCUT2D eigenvalue weighted by molar-refractivity contribution is 5.86. The van der Waals surface area contributed by atoms with Gasteiger partial charge in [0.25, 0.3) is 0 Å². The zero-order valence-corrected chi connectivity index (χ0v) is 19.9. The summed E-state index contributed by atoms with van der Waals surface area (Å²) in [5.41, 5.74) is 1.11. The summed E-state index contributed by atoms with van der Waals surface area (Å²) < 4.78 is 5.24. The second-order valence-electron chi connectivity index (χ2n) is 9.51. The monoisotopic (exact) mass is 458 g/mol. The lowest BCUT2D eigenvalue weighted by Gasteiger charge is -2.32. The molecule has 2 fully saturated rings. The van der Waals surface area contributed by atoms with Crippen LogP contribution in [0.5, 0.6) is 0 Å². The molecule has 0 aliphatic heterocycles. The number of carbonyl (C=O) groups excluding carboxylic acids is 2. The van der Waals surface area contributed by atoms with Crippen LogP contribution >= 0.6 is 0 Å². The van der Waals surface area contributed by atoms with Crippen molar-refractivity contribution in [3.05, 3.63) is 35.9 Å². The molecule has 1 amide bonds. The number of rotatable bonds is 11. The predicted octanol–water partition coefficient (Wildman–Crippen LogP) is 3.41. The first kappa shape index (κ1) is 25.2. The number of fused-ring (bicyclic) bond motifs is 1. The van der Waals surface area contributed by atoms with Crippen molar-refractivity contribution in [3.63, 3.8) is 0 Å². The van der Waals surface area contributed by atoms with Gasteiger partial charge in [0.15, 0.2) is 0 Å². The van der Waals surface area contributed by atoms with Crippen LogP contribution in [0.4, 0.5) is 0 Å². The minimum Gasteiger partial charge on any atom is -0.480 e. The van der Waals surface area contributed by atoms with Crippen LogP contribution in [0.2, 0.25) is 0 Å². The van der Waals surface area contributed by atoms with E-state index in [9.17, 15) is 19.5 Å². The summed E-state index contributed by atoms with van der Waals surface area (Å²) in [6.45, 7) is 3.44. The Morgan fingerprint density at radius 2 is 1.76 bits per heavy atom. The highest BCUT2D eigenvalue weighted by Crippen LogP contribution is 2.44. The summed E-state index contributed by atoms with van der Waals surface area (Å²) in [6.07, 6.45) is 7.72. The second kappa shape index (κ2) is 12.2. The Balaban J connectivity index is 1.67. The lowest BCUT2D eigenvalue weighted by atomic mass is 9.82. The van der Waals surface area contributed by atoms with E-state index in [0.717, 1.165) is 18.4 Å². The van der Waals surface area contributed by atoms with Gasteiger partial charge in [0.2, 0.25) is 5.91 Å². The molecule has 3 rings (SSSR count). The third-order valence-corrected chi connectivity index (χ3v) is 7.20. The van der Waals surface area contributed by atoms with E-state index < -0.39 is 18.1 Å². The number of hydrogen-bond donors (Lipinski definition) is 2. The molecular weight excluding hydrogens is 420 g/mol. The molecule has 0 spiro atoms. The standard InChI is InChI=1S/C26H38N2O5/c1-3-33-26(32)23(14-13-19-9-5-4-6-10-19)27-18(2)25(31)28(17-24(29)30)22-15-20-11-7-8-12-21(20)16-22/h4-6,9-10,18,20-23,27H,3,7-8,11-17H2,1-2H3,(H,29,30)/t18-,20+,21+,23?/m0/s1. The number of carboxylic acid groups (broad SMARTS) is 1. The van der Waals surface area contributed by atoms with Crippen LogP contribution in [0.3, 0.4) is 0 Å². The van der Waals surface area contributed by atoms with E-state index >= 15 is 0 Å². The number of amides is 1. The molecule has 0 radical (unpaired) electrons. The van der Waals surface area contributed by atoms with Crippen LogP contribution in [0, 0.1) is 11.8 Å². The number of esters is 1. The van der Waals surface area contributed by atoms with Gasteiger partial charge in [0.1, 0.15) is 12.6 Å². The van der Waals surface area contributed by atoms with Gasteiger partial charge in [-0.15, -0.1) is 0 Å². The number of aryl methyl sites for hydroxylation is 1. The number of benzene rings is 1. The molecule has 1 unspecified atom stereocenters. The van der Waals surface area contributed by atoms with Gasteiger partial charge in [-0.1, -0.05) is 56.0 Å². The molecule has 1 aromatic rings. The lowest BCUT2D eigenvalue weighted by molar-refractivity contribution is -0.149. The molecule has 182 valence electrons. The summed E-state index contributed by atoms with van der Waals surface area (Å²) in [5.74, 6) is -0.459. The Labute approximate surface area is 196 Å². The number of nitrogens with one attached hydrogen (secondary N) is 1. The molecular formula is C26H38N2O5. The van der Waals surface area contributed by atoms with Crippen molar-refractivity contribution in [2.24, 2.45) is 11.8 Å². The molecule has 7 heteroatoms. The topological polar surface area (TPSA) is 95.9 Å². The highest BCUT2D eigenvalue weighted by Gasteiger charge is 2.41. The molecule has 4 atom stereocenters. The van der Waals surface area contributed by atoms with Crippen molar-refractivity contribution in [2.45, 2.75) is 83.3 Å². The van der Waals surface area contributed by atoms with Crippen molar-refractivity contribution in [2.75, 3.05) is 13.2 Å². The molecule has 1 aromatic carbocycles. The van der Waals surface area contributed by atoms with Gasteiger partial charge in [-0.2, -0.15) is 0 Å². The molecule has 2 saturated carbocycles. The van der Waals surface area contributed by atoms with Gasteiger partial charge in [-0.3, -0.25) is 19.7 Å². The SMILES string of the molecule is CCOC(=O)C(CCc1ccccc1)N[C@@H](C)C(=O)N(CC(=O)O)C1C[C@H]2CCCC[C@@H]2C1. The predicted molar refractivity (Wildman–Crippen MR) is 126 cm³/mol. The first-order valence-corrected chi connectivity index (χ1v) is 12.4. The van der Waals surface area contributed by atoms with Gasteiger partial charge < -0.3 is 14.7 Å². The number of aliphatic carboxylic acids is 1. The van der Waals surface area contributed by atoms with Crippen molar-refractivity contribution in [1.82, 2.24) is 10.2 Å². The fourth-order valence-electron chi connectivity index (χ4n) is 5.58. The molecule has 2 aliphatic carbocycles. The van der Waals surface area contributed by atoms with E-state index in [-0.39, 0.29) is 31.1 Å². The smallest absolute Gasteiger partial charge is 0.323 e. The average molecular weight is 459 g/mol. The number of ether oxygens (including phenoxy) is 1. The zero-order valence-electron chi connectivity index (χ0n) is 19.9. The fraction of sp³-hybridized carbons (Fsp3) is 0.654. The summed E-state index contributed by atoms with van der Waals surface area (Å²) in [6, 6.07) is 8.50. The molecule has 0 aromatic heterocycles. The highest BCUT2D eigenvalue weighted by atomic mass is 16.5. The Kier molecular flexibility index (Phi) is 9.30. The second-order valence-corrected chi connectivity index (χ2v) is 9.51. The first-order chi connectivity index (χ1) is 15.9. The Morgan fingerprint density at radius 1 is 1.12 bits per heavy atom. The van der Waals surface area contributed by atoms with E-state index in [4.69, 9.17) is 4.74 Å². The first-order valence-electron chi connectivity index (χ1n) is 12.4. The third-order valence-electron chi connectivity index (χ3n) is 7.20. The molecule has 2 N–H and O–H groups in total. The van der Waals surface area contributed by atoms with Crippen LogP contribution in [-0.2, 0) is 25.5 Å². The number of nitrogens with zero attached hydrogens (tertiary/aromatic N) is 1. The average Bonchev–Trinajstić information content (AvgIpc) is 3.24. The maximum Gasteiger partial charge on any atom is 0.323 e. The van der Waals surface area contributed by atoms with E-state index in [0.29, 0.717) is 24.7 Å². The van der Waals surface area contributed by atoms with E-state index in [1.165, 1.54) is 30.6 Å². The fourth-order valence-corrected chi connectivity index (χ4v) is 5.58. The van der Waals surface area contributed by atoms with Crippen LogP contribution in [0.15, 0.2) is 30.3 Å². The minimum absolute atomic E-state index is 0.0451. The minimum atomic E-state index is -1.00. The maximum atomic E-state index is 13.4. The number of carboxylic acids is 1. The van der Waals surface area contributed by atoms with E-state index in [2.05, 4.69) is 5.32 Å². The maximum absolute atomic E-state index is 13.4. The van der Waals surface area contributed by atoms with Crippen LogP contribution in [-0.4, -0.2) is 59.1 Å². The van der Waals surface area contributed by atoms with Gasteiger partial charge in [0.05, 0.1) is 12.6 Å². The van der Waals surface area contributed by atoms with E-state index in [1.54, 1.807) is 13.8 Å². The molecule has 0 saturated heterocycles. The summed E-state index contributed by atoms with van der Waals surface area (Å²) >= 11 is 0. The molecule has 7 nitrogen and oxygen atoms in total. The molecule has 0 bridgehead atoms. The third kappa shape index (κ3) is 7.03. The molecule has 2 aliphatic rings. The van der Waals surface area contributed by atoms with Gasteiger partial charge in [0, 0.05) is 6.04 Å². The number of hydrogen-bond acceptors (Lipinski definition) is 5. The van der Waals surface area contributed by atoms with Crippen molar-refractivity contribution in [1.29, 1.82) is 0 Å². The quantitative estimate of drug-likeness (QED) is 0.494. The summed E-state index contributed by atoms with van der Waals surface area (Å²) in [5, 5.41) is 12.6. The van der Waals surface area contributed by atoms with Crippen molar-refractivity contribution < 1.29 is 24.2 Å². The van der Waals surface area contributed by atoms with Crippen molar-refractivity contribution >= 4 is 17.8 Å². The lowest BCUT2D eigenvalue weighted by Crippen LogP contribution is -2.54. The Morgan fingerprint density at radius 3 is 2.33 bits per heavy atom. The summed E-state index contributed by atoms with van der Waals surface area (Å²) in [7, 11) is 0. The van der Waals surface area contributed by atoms with Gasteiger partial charge in [-0.25, -0.2) is 0 Å². The molecule has 0 heterocycles. The van der Waals surface area contributed by atoms with Crippen LogP contribution in [0.1, 0.15) is 64.4 Å². The van der Waals surface area contributed by atoms with Crippen LogP contribution < -0.4 is 5.32 Å². The van der Waals surface area contributed by atoms with Gasteiger partial charge >= 0.3 is 11.9 Å². The van der Waals surface area contributed by atoms with Gasteiger partial charge in [-0.05, 0) is 56.9 Å². The Bertz CT molecular complexity index is 785. The molecule has 33 heavy (non-hydrogen) atoms. The van der Waals surface area contributed by atoms with E-state index in [1.807, 2.05) is 30.3 Å². The zero-order chi connectivity index (χ0) is 23.8. The van der Waals surface area contributed by atoms with Crippen molar-refractivity contribution in [3.8, 4) is 0 Å². The van der Waals surface area contributed by atoms with Crippen LogP contribution in [0.25, 0.3) is 0 Å². The summed E-state index contributed by atoms with van der Waals surface area (Å²) in [4.78, 5) is 39.1. The largest absolute Gasteiger partial charge is 0.480 e. The normalized spacial score (nSPS) is 22.2. The Hall–Kier alpha value is -2.41.